The molecule has 0 saturated carbocycles. The molecule has 1 heterocycles. The lowest BCUT2D eigenvalue weighted by Gasteiger charge is -2.18. The molecule has 0 spiro atoms. The molecule has 1 saturated heterocycles. The first-order valence-electron chi connectivity index (χ1n) is 8.75. The molecule has 1 fully saturated rings. The third-order valence-electron chi connectivity index (χ3n) is 4.16. The van der Waals surface area contributed by atoms with Gasteiger partial charge in [-0.25, -0.2) is 0 Å². The van der Waals surface area contributed by atoms with Gasteiger partial charge in [0, 0.05) is 31.7 Å². The van der Waals surface area contributed by atoms with E-state index in [-0.39, 0.29) is 18.4 Å². The minimum absolute atomic E-state index is 0.0407. The molecule has 6 heteroatoms. The molecular weight excluding hydrogens is 330 g/mol. The van der Waals surface area contributed by atoms with Crippen LogP contribution in [0.4, 0.5) is 5.69 Å². The zero-order chi connectivity index (χ0) is 18.2. The van der Waals surface area contributed by atoms with Crippen molar-refractivity contribution in [1.82, 2.24) is 10.2 Å². The molecule has 0 aliphatic carbocycles. The van der Waals surface area contributed by atoms with Crippen LogP contribution in [0.25, 0.3) is 0 Å². The van der Waals surface area contributed by atoms with Crippen molar-refractivity contribution in [1.29, 1.82) is 0 Å². The van der Waals surface area contributed by atoms with Crippen LogP contribution in [-0.2, 0) is 16.2 Å². The highest BCUT2D eigenvalue weighted by atomic mass is 16.5. The molecule has 2 aromatic rings. The van der Waals surface area contributed by atoms with Gasteiger partial charge in [-0.15, -0.1) is 0 Å². The summed E-state index contributed by atoms with van der Waals surface area (Å²) in [5.41, 5.74) is 1.83. The molecule has 0 atom stereocenters. The van der Waals surface area contributed by atoms with Crippen LogP contribution in [0.5, 0.6) is 5.75 Å². The summed E-state index contributed by atoms with van der Waals surface area (Å²) in [6, 6.07) is 17.3. The SMILES string of the molecule is O=C1CCN(CC(=O)Nc2ccc(OCc3ccccc3)cc2)CCN1. The second-order valence-corrected chi connectivity index (χ2v) is 6.22. The fourth-order valence-corrected chi connectivity index (χ4v) is 2.75. The molecule has 0 bridgehead atoms. The Morgan fingerprint density at radius 2 is 1.85 bits per heavy atom. The van der Waals surface area contributed by atoms with Crippen molar-refractivity contribution in [2.45, 2.75) is 13.0 Å². The number of nitrogens with zero attached hydrogens (tertiary/aromatic N) is 1. The zero-order valence-electron chi connectivity index (χ0n) is 14.6. The van der Waals surface area contributed by atoms with Gasteiger partial charge < -0.3 is 15.4 Å². The quantitative estimate of drug-likeness (QED) is 0.834. The number of hydrogen-bond acceptors (Lipinski definition) is 4. The number of rotatable bonds is 6. The molecule has 3 rings (SSSR count). The Hall–Kier alpha value is -2.86. The van der Waals surface area contributed by atoms with E-state index in [0.29, 0.717) is 32.7 Å². The highest BCUT2D eigenvalue weighted by Gasteiger charge is 2.16. The normalized spacial score (nSPS) is 15.0. The maximum atomic E-state index is 12.2. The molecule has 1 aliphatic heterocycles. The van der Waals surface area contributed by atoms with Gasteiger partial charge in [0.05, 0.1) is 6.54 Å². The van der Waals surface area contributed by atoms with E-state index in [9.17, 15) is 9.59 Å². The fourth-order valence-electron chi connectivity index (χ4n) is 2.75. The standard InChI is InChI=1S/C20H23N3O3/c24-19-10-12-23(13-11-21-19)14-20(25)22-17-6-8-18(9-7-17)26-15-16-4-2-1-3-5-16/h1-9H,10-15H2,(H,21,24)(H,22,25). The predicted molar refractivity (Wildman–Crippen MR) is 99.9 cm³/mol. The van der Waals surface area contributed by atoms with E-state index in [1.165, 1.54) is 0 Å². The molecule has 0 aromatic heterocycles. The third-order valence-corrected chi connectivity index (χ3v) is 4.16. The Morgan fingerprint density at radius 1 is 1.08 bits per heavy atom. The molecule has 26 heavy (non-hydrogen) atoms. The van der Waals surface area contributed by atoms with Crippen molar-refractivity contribution in [2.24, 2.45) is 0 Å². The van der Waals surface area contributed by atoms with E-state index < -0.39 is 0 Å². The van der Waals surface area contributed by atoms with Gasteiger partial charge in [-0.1, -0.05) is 30.3 Å². The summed E-state index contributed by atoms with van der Waals surface area (Å²) in [7, 11) is 0. The lowest BCUT2D eigenvalue weighted by molar-refractivity contribution is -0.121. The van der Waals surface area contributed by atoms with Crippen molar-refractivity contribution < 1.29 is 14.3 Å². The van der Waals surface area contributed by atoms with Gasteiger partial charge in [0.15, 0.2) is 0 Å². The van der Waals surface area contributed by atoms with E-state index in [4.69, 9.17) is 4.74 Å². The summed E-state index contributed by atoms with van der Waals surface area (Å²) in [6.07, 6.45) is 0.431. The number of anilines is 1. The van der Waals surface area contributed by atoms with Crippen molar-refractivity contribution in [3.05, 3.63) is 60.2 Å². The predicted octanol–water partition coefficient (Wildman–Crippen LogP) is 2.03. The maximum absolute atomic E-state index is 12.2. The molecule has 0 unspecified atom stereocenters. The Balaban J connectivity index is 1.46. The second kappa shape index (κ2) is 9.01. The molecule has 1 aliphatic rings. The first kappa shape index (κ1) is 17.9. The Bertz CT molecular complexity index is 732. The van der Waals surface area contributed by atoms with Crippen LogP contribution in [0, 0.1) is 0 Å². The molecule has 0 radical (unpaired) electrons. The van der Waals surface area contributed by atoms with Crippen LogP contribution < -0.4 is 15.4 Å². The summed E-state index contributed by atoms with van der Waals surface area (Å²) < 4.78 is 5.74. The van der Waals surface area contributed by atoms with Crippen LogP contribution in [0.2, 0.25) is 0 Å². The number of amides is 2. The fraction of sp³-hybridized carbons (Fsp3) is 0.300. The molecule has 2 N–H and O–H groups in total. The highest BCUT2D eigenvalue weighted by Crippen LogP contribution is 2.17. The molecular formula is C20H23N3O3. The average Bonchev–Trinajstić information content (AvgIpc) is 2.86. The van der Waals surface area contributed by atoms with Crippen molar-refractivity contribution in [2.75, 3.05) is 31.5 Å². The van der Waals surface area contributed by atoms with Gasteiger partial charge in [0.25, 0.3) is 0 Å². The number of hydrogen-bond donors (Lipinski definition) is 2. The number of carbonyl (C=O) groups is 2. The summed E-state index contributed by atoms with van der Waals surface area (Å²) in [4.78, 5) is 25.5. The molecule has 2 aromatic carbocycles. The number of benzene rings is 2. The Morgan fingerprint density at radius 3 is 2.62 bits per heavy atom. The number of nitrogens with one attached hydrogen (secondary N) is 2. The Kier molecular flexibility index (Phi) is 6.22. The van der Waals surface area contributed by atoms with Gasteiger partial charge in [0.1, 0.15) is 12.4 Å². The van der Waals surface area contributed by atoms with E-state index in [2.05, 4.69) is 10.6 Å². The van der Waals surface area contributed by atoms with E-state index in [1.54, 1.807) is 0 Å². The number of carbonyl (C=O) groups excluding carboxylic acids is 2. The van der Waals surface area contributed by atoms with Crippen LogP contribution in [-0.4, -0.2) is 42.9 Å². The topological polar surface area (TPSA) is 70.7 Å². The van der Waals surface area contributed by atoms with Crippen molar-refractivity contribution in [3.63, 3.8) is 0 Å². The first-order chi connectivity index (χ1) is 12.7. The van der Waals surface area contributed by atoms with Crippen molar-refractivity contribution >= 4 is 17.5 Å². The summed E-state index contributed by atoms with van der Waals surface area (Å²) >= 11 is 0. The lowest BCUT2D eigenvalue weighted by Crippen LogP contribution is -2.35. The van der Waals surface area contributed by atoms with Gasteiger partial charge in [-0.3, -0.25) is 14.5 Å². The van der Waals surface area contributed by atoms with Gasteiger partial charge >= 0.3 is 0 Å². The summed E-state index contributed by atoms with van der Waals surface area (Å²) in [5.74, 6) is 0.709. The minimum atomic E-state index is -0.0858. The van der Waals surface area contributed by atoms with Gasteiger partial charge in [-0.05, 0) is 29.8 Å². The highest BCUT2D eigenvalue weighted by molar-refractivity contribution is 5.92. The largest absolute Gasteiger partial charge is 0.489 e. The number of ether oxygens (including phenoxy) is 1. The Labute approximate surface area is 153 Å². The molecule has 2 amide bonds. The molecule has 6 nitrogen and oxygen atoms in total. The first-order valence-corrected chi connectivity index (χ1v) is 8.75. The second-order valence-electron chi connectivity index (χ2n) is 6.22. The average molecular weight is 353 g/mol. The minimum Gasteiger partial charge on any atom is -0.489 e. The van der Waals surface area contributed by atoms with E-state index in [0.717, 1.165) is 17.0 Å². The van der Waals surface area contributed by atoms with Crippen LogP contribution in [0.15, 0.2) is 54.6 Å². The monoisotopic (exact) mass is 353 g/mol. The molecule has 136 valence electrons. The third kappa shape index (κ3) is 5.60. The summed E-state index contributed by atoms with van der Waals surface area (Å²) in [5, 5.41) is 5.68. The van der Waals surface area contributed by atoms with Crippen LogP contribution in [0.3, 0.4) is 0 Å². The zero-order valence-corrected chi connectivity index (χ0v) is 14.6. The smallest absolute Gasteiger partial charge is 0.238 e. The summed E-state index contributed by atoms with van der Waals surface area (Å²) in [6.45, 7) is 2.66. The van der Waals surface area contributed by atoms with E-state index >= 15 is 0 Å². The van der Waals surface area contributed by atoms with Crippen LogP contribution >= 0.6 is 0 Å². The van der Waals surface area contributed by atoms with E-state index in [1.807, 2.05) is 59.5 Å². The van der Waals surface area contributed by atoms with Gasteiger partial charge in [0.2, 0.25) is 11.8 Å². The maximum Gasteiger partial charge on any atom is 0.238 e. The lowest BCUT2D eigenvalue weighted by atomic mass is 10.2. The van der Waals surface area contributed by atoms with Crippen LogP contribution in [0.1, 0.15) is 12.0 Å². The van der Waals surface area contributed by atoms with Gasteiger partial charge in [-0.2, -0.15) is 0 Å². The van der Waals surface area contributed by atoms with Crippen molar-refractivity contribution in [3.8, 4) is 5.75 Å².